The third kappa shape index (κ3) is 3.99. The average molecular weight is 248 g/mol. The summed E-state index contributed by atoms with van der Waals surface area (Å²) < 4.78 is 5.09. The number of hydrogen-bond donors (Lipinski definition) is 1. The molecule has 0 aromatic carbocycles. The summed E-state index contributed by atoms with van der Waals surface area (Å²) in [5.41, 5.74) is 6.94. The minimum atomic E-state index is -0.0826. The van der Waals surface area contributed by atoms with Gasteiger partial charge in [0.05, 0.1) is 19.1 Å². The maximum absolute atomic E-state index is 8.71. The second-order valence-corrected chi connectivity index (χ2v) is 4.09. The Hall–Kier alpha value is -1.64. The molecule has 0 spiro atoms. The Kier molecular flexibility index (Phi) is 6.12. The number of nitrogens with zero attached hydrogens (tertiary/aromatic N) is 3. The van der Waals surface area contributed by atoms with E-state index in [1.807, 2.05) is 24.0 Å². The largest absolute Gasteiger partial charge is 0.383 e. The topological polar surface area (TPSA) is 75.2 Å². The van der Waals surface area contributed by atoms with Gasteiger partial charge in [-0.05, 0) is 13.0 Å². The summed E-state index contributed by atoms with van der Waals surface area (Å²) in [5.74, 6) is 0.847. The molecule has 98 valence electrons. The number of rotatable bonds is 7. The summed E-state index contributed by atoms with van der Waals surface area (Å²) in [7, 11) is 1.66. The van der Waals surface area contributed by atoms with E-state index in [1.165, 1.54) is 0 Å². The normalized spacial score (nSPS) is 11.9. The first-order chi connectivity index (χ1) is 8.70. The van der Waals surface area contributed by atoms with E-state index in [0.717, 1.165) is 11.4 Å². The van der Waals surface area contributed by atoms with Crippen molar-refractivity contribution in [3.05, 3.63) is 23.9 Å². The monoisotopic (exact) mass is 248 g/mol. The van der Waals surface area contributed by atoms with Crippen LogP contribution in [0.5, 0.6) is 0 Å². The number of pyridine rings is 1. The summed E-state index contributed by atoms with van der Waals surface area (Å²) in [6, 6.07) is 5.92. The molecule has 0 bridgehead atoms. The molecule has 0 saturated carbocycles. The zero-order chi connectivity index (χ0) is 13.4. The maximum Gasteiger partial charge on any atom is 0.133 e. The van der Waals surface area contributed by atoms with Gasteiger partial charge in [-0.3, -0.25) is 0 Å². The van der Waals surface area contributed by atoms with Gasteiger partial charge in [-0.2, -0.15) is 5.26 Å². The van der Waals surface area contributed by atoms with Gasteiger partial charge in [0.15, 0.2) is 0 Å². The lowest BCUT2D eigenvalue weighted by Gasteiger charge is -2.25. The minimum absolute atomic E-state index is 0.0826. The number of nitrogens with two attached hydrogens (primary N) is 1. The molecule has 0 aliphatic carbocycles. The van der Waals surface area contributed by atoms with Gasteiger partial charge in [-0.15, -0.1) is 0 Å². The van der Waals surface area contributed by atoms with E-state index in [0.29, 0.717) is 26.1 Å². The zero-order valence-electron chi connectivity index (χ0n) is 11.0. The van der Waals surface area contributed by atoms with E-state index in [-0.39, 0.29) is 6.04 Å². The molecule has 5 nitrogen and oxygen atoms in total. The van der Waals surface area contributed by atoms with Gasteiger partial charge in [0.1, 0.15) is 5.82 Å². The molecule has 0 fully saturated rings. The van der Waals surface area contributed by atoms with E-state index < -0.39 is 0 Å². The van der Waals surface area contributed by atoms with Crippen LogP contribution < -0.4 is 10.6 Å². The molecule has 1 atom stereocenters. The van der Waals surface area contributed by atoms with Crippen molar-refractivity contribution >= 4 is 5.82 Å². The van der Waals surface area contributed by atoms with E-state index >= 15 is 0 Å². The number of anilines is 1. The van der Waals surface area contributed by atoms with E-state index in [4.69, 9.17) is 15.7 Å². The second kappa shape index (κ2) is 7.64. The molecule has 0 radical (unpaired) electrons. The fourth-order valence-corrected chi connectivity index (χ4v) is 1.74. The Labute approximate surface area is 108 Å². The van der Waals surface area contributed by atoms with Gasteiger partial charge in [0.2, 0.25) is 0 Å². The SMILES string of the molecule is COCCN(CCC#N)c1ncccc1[C@H](C)N. The Bertz CT molecular complexity index is 400. The number of nitriles is 1. The molecular formula is C13H20N4O. The standard InChI is InChI=1S/C13H20N4O/c1-11(15)12-5-3-7-16-13(12)17(8-4-6-14)9-10-18-2/h3,5,7,11H,4,8-10,15H2,1-2H3/t11-/m0/s1. The van der Waals surface area contributed by atoms with E-state index in [9.17, 15) is 0 Å². The van der Waals surface area contributed by atoms with Crippen LogP contribution in [0.2, 0.25) is 0 Å². The second-order valence-electron chi connectivity index (χ2n) is 4.09. The Morgan fingerprint density at radius 2 is 2.33 bits per heavy atom. The summed E-state index contributed by atoms with van der Waals surface area (Å²) in [5, 5.41) is 8.71. The molecule has 0 amide bonds. The first-order valence-electron chi connectivity index (χ1n) is 6.02. The molecule has 1 aromatic rings. The van der Waals surface area contributed by atoms with Crippen molar-refractivity contribution in [2.24, 2.45) is 5.73 Å². The Morgan fingerprint density at radius 1 is 1.56 bits per heavy atom. The number of methoxy groups -OCH3 is 1. The maximum atomic E-state index is 8.71. The van der Waals surface area contributed by atoms with Crippen LogP contribution in [0.4, 0.5) is 5.82 Å². The van der Waals surface area contributed by atoms with E-state index in [1.54, 1.807) is 13.3 Å². The van der Waals surface area contributed by atoms with Crippen LogP contribution in [0.15, 0.2) is 18.3 Å². The summed E-state index contributed by atoms with van der Waals surface area (Å²) in [4.78, 5) is 6.43. The lowest BCUT2D eigenvalue weighted by molar-refractivity contribution is 0.205. The van der Waals surface area contributed by atoms with Crippen molar-refractivity contribution in [3.63, 3.8) is 0 Å². The highest BCUT2D eigenvalue weighted by atomic mass is 16.5. The molecule has 2 N–H and O–H groups in total. The Morgan fingerprint density at radius 3 is 2.94 bits per heavy atom. The van der Waals surface area contributed by atoms with Crippen molar-refractivity contribution in [2.75, 3.05) is 31.7 Å². The smallest absolute Gasteiger partial charge is 0.133 e. The zero-order valence-corrected chi connectivity index (χ0v) is 11.0. The van der Waals surface area contributed by atoms with Crippen LogP contribution in [0.3, 0.4) is 0 Å². The number of ether oxygens (including phenoxy) is 1. The molecule has 5 heteroatoms. The van der Waals surface area contributed by atoms with Crippen molar-refractivity contribution in [3.8, 4) is 6.07 Å². The molecule has 18 heavy (non-hydrogen) atoms. The summed E-state index contributed by atoms with van der Waals surface area (Å²) >= 11 is 0. The van der Waals surface area contributed by atoms with Crippen LogP contribution in [0.1, 0.15) is 24.9 Å². The number of hydrogen-bond acceptors (Lipinski definition) is 5. The predicted octanol–water partition coefficient (Wildman–Crippen LogP) is 1.47. The third-order valence-corrected chi connectivity index (χ3v) is 2.67. The van der Waals surface area contributed by atoms with Crippen LogP contribution in [0.25, 0.3) is 0 Å². The van der Waals surface area contributed by atoms with E-state index in [2.05, 4.69) is 11.1 Å². The molecule has 1 aromatic heterocycles. The third-order valence-electron chi connectivity index (χ3n) is 2.67. The van der Waals surface area contributed by atoms with Crippen LogP contribution in [-0.2, 0) is 4.74 Å². The molecule has 0 aliphatic rings. The number of aromatic nitrogens is 1. The first kappa shape index (κ1) is 14.4. The molecule has 0 saturated heterocycles. The predicted molar refractivity (Wildman–Crippen MR) is 71.2 cm³/mol. The molecular weight excluding hydrogens is 228 g/mol. The fourth-order valence-electron chi connectivity index (χ4n) is 1.74. The van der Waals surface area contributed by atoms with Gasteiger partial charge in [-0.1, -0.05) is 6.07 Å². The van der Waals surface area contributed by atoms with Crippen molar-refractivity contribution in [1.29, 1.82) is 5.26 Å². The highest BCUT2D eigenvalue weighted by molar-refractivity contribution is 5.48. The average Bonchev–Trinajstić information content (AvgIpc) is 2.39. The highest BCUT2D eigenvalue weighted by Crippen LogP contribution is 2.22. The fraction of sp³-hybridized carbons (Fsp3) is 0.538. The van der Waals surface area contributed by atoms with Crippen molar-refractivity contribution < 1.29 is 4.74 Å². The first-order valence-corrected chi connectivity index (χ1v) is 6.02. The van der Waals surface area contributed by atoms with Gasteiger partial charge in [0, 0.05) is 38.0 Å². The van der Waals surface area contributed by atoms with Gasteiger partial charge < -0.3 is 15.4 Å². The summed E-state index contributed by atoms with van der Waals surface area (Å²) in [6.07, 6.45) is 2.20. The lowest BCUT2D eigenvalue weighted by Crippen LogP contribution is -2.30. The molecule has 1 heterocycles. The lowest BCUT2D eigenvalue weighted by atomic mass is 10.1. The highest BCUT2D eigenvalue weighted by Gasteiger charge is 2.14. The van der Waals surface area contributed by atoms with Gasteiger partial charge >= 0.3 is 0 Å². The van der Waals surface area contributed by atoms with Gasteiger partial charge in [0.25, 0.3) is 0 Å². The van der Waals surface area contributed by atoms with Gasteiger partial charge in [-0.25, -0.2) is 4.98 Å². The van der Waals surface area contributed by atoms with Crippen LogP contribution in [0, 0.1) is 11.3 Å². The Balaban J connectivity index is 2.92. The quantitative estimate of drug-likeness (QED) is 0.790. The van der Waals surface area contributed by atoms with Crippen LogP contribution >= 0.6 is 0 Å². The minimum Gasteiger partial charge on any atom is -0.383 e. The van der Waals surface area contributed by atoms with Crippen LogP contribution in [-0.4, -0.2) is 31.8 Å². The van der Waals surface area contributed by atoms with Crippen molar-refractivity contribution in [1.82, 2.24) is 4.98 Å². The molecule has 0 aliphatic heterocycles. The molecule has 0 unspecified atom stereocenters. The molecule has 1 rings (SSSR count). The summed E-state index contributed by atoms with van der Waals surface area (Å²) in [6.45, 7) is 3.87. The van der Waals surface area contributed by atoms with Crippen molar-refractivity contribution in [2.45, 2.75) is 19.4 Å².